The van der Waals surface area contributed by atoms with Gasteiger partial charge in [-0.3, -0.25) is 0 Å². The van der Waals surface area contributed by atoms with Gasteiger partial charge in [-0.1, -0.05) is 19.8 Å². The zero-order chi connectivity index (χ0) is 10.7. The molecular weight excluding hydrogens is 204 g/mol. The SMILES string of the molecule is CC1CCCC1CNCc1sccc1N. The van der Waals surface area contributed by atoms with E-state index in [9.17, 15) is 0 Å². The van der Waals surface area contributed by atoms with E-state index in [2.05, 4.69) is 17.6 Å². The highest BCUT2D eigenvalue weighted by Gasteiger charge is 2.22. The molecule has 0 aromatic carbocycles. The van der Waals surface area contributed by atoms with Crippen LogP contribution in [0.4, 0.5) is 5.69 Å². The summed E-state index contributed by atoms with van der Waals surface area (Å²) >= 11 is 1.75. The van der Waals surface area contributed by atoms with Crippen molar-refractivity contribution in [2.24, 2.45) is 11.8 Å². The van der Waals surface area contributed by atoms with Gasteiger partial charge in [0.2, 0.25) is 0 Å². The Kier molecular flexibility index (Phi) is 3.65. The van der Waals surface area contributed by atoms with Crippen LogP contribution in [0.1, 0.15) is 31.1 Å². The molecule has 84 valence electrons. The molecule has 3 heteroatoms. The van der Waals surface area contributed by atoms with Crippen LogP contribution in [-0.2, 0) is 6.54 Å². The summed E-state index contributed by atoms with van der Waals surface area (Å²) in [5, 5.41) is 5.59. The fourth-order valence-electron chi connectivity index (χ4n) is 2.39. The van der Waals surface area contributed by atoms with Gasteiger partial charge in [0, 0.05) is 17.1 Å². The first-order chi connectivity index (χ1) is 7.27. The Labute approximate surface area is 95.9 Å². The van der Waals surface area contributed by atoms with Crippen LogP contribution >= 0.6 is 11.3 Å². The Morgan fingerprint density at radius 3 is 3.00 bits per heavy atom. The Balaban J connectivity index is 1.73. The zero-order valence-electron chi connectivity index (χ0n) is 9.33. The fourth-order valence-corrected chi connectivity index (χ4v) is 3.16. The smallest absolute Gasteiger partial charge is 0.0468 e. The molecule has 15 heavy (non-hydrogen) atoms. The van der Waals surface area contributed by atoms with Gasteiger partial charge in [0.05, 0.1) is 0 Å². The van der Waals surface area contributed by atoms with Gasteiger partial charge >= 0.3 is 0 Å². The first-order valence-corrected chi connectivity index (χ1v) is 6.68. The number of hydrogen-bond donors (Lipinski definition) is 2. The monoisotopic (exact) mass is 224 g/mol. The highest BCUT2D eigenvalue weighted by atomic mass is 32.1. The van der Waals surface area contributed by atoms with E-state index in [-0.39, 0.29) is 0 Å². The van der Waals surface area contributed by atoms with Gasteiger partial charge in [-0.2, -0.15) is 0 Å². The van der Waals surface area contributed by atoms with Crippen molar-refractivity contribution in [3.05, 3.63) is 16.3 Å². The van der Waals surface area contributed by atoms with E-state index in [0.29, 0.717) is 0 Å². The summed E-state index contributed by atoms with van der Waals surface area (Å²) < 4.78 is 0. The minimum Gasteiger partial charge on any atom is -0.398 e. The highest BCUT2D eigenvalue weighted by Crippen LogP contribution is 2.30. The standard InChI is InChI=1S/C12H20N2S/c1-9-3-2-4-10(9)7-14-8-12-11(13)5-6-15-12/h5-6,9-10,14H,2-4,7-8,13H2,1H3. The molecule has 1 aliphatic carbocycles. The molecule has 1 aromatic rings. The topological polar surface area (TPSA) is 38.0 Å². The van der Waals surface area contributed by atoms with Crippen molar-refractivity contribution in [2.75, 3.05) is 12.3 Å². The van der Waals surface area contributed by atoms with Crippen molar-refractivity contribution in [2.45, 2.75) is 32.7 Å². The third-order valence-corrected chi connectivity index (χ3v) is 4.45. The first-order valence-electron chi connectivity index (χ1n) is 5.80. The van der Waals surface area contributed by atoms with Crippen LogP contribution in [0.15, 0.2) is 11.4 Å². The number of anilines is 1. The second kappa shape index (κ2) is 4.99. The summed E-state index contributed by atoms with van der Waals surface area (Å²) in [4.78, 5) is 1.28. The van der Waals surface area contributed by atoms with E-state index in [1.807, 2.05) is 6.07 Å². The van der Waals surface area contributed by atoms with Crippen LogP contribution in [0.25, 0.3) is 0 Å². The second-order valence-corrected chi connectivity index (χ2v) is 5.60. The van der Waals surface area contributed by atoms with E-state index in [4.69, 9.17) is 5.73 Å². The summed E-state index contributed by atoms with van der Waals surface area (Å²) in [6, 6.07) is 1.99. The molecule has 1 aliphatic rings. The van der Waals surface area contributed by atoms with Crippen LogP contribution in [0.3, 0.4) is 0 Å². The predicted octanol–water partition coefficient (Wildman–Crippen LogP) is 2.86. The Morgan fingerprint density at radius 1 is 1.53 bits per heavy atom. The van der Waals surface area contributed by atoms with Crippen molar-refractivity contribution in [1.82, 2.24) is 5.32 Å². The van der Waals surface area contributed by atoms with Crippen molar-refractivity contribution < 1.29 is 0 Å². The lowest BCUT2D eigenvalue weighted by Gasteiger charge is -2.15. The molecule has 1 heterocycles. The van der Waals surface area contributed by atoms with E-state index < -0.39 is 0 Å². The van der Waals surface area contributed by atoms with Crippen molar-refractivity contribution in [3.8, 4) is 0 Å². The molecule has 1 fully saturated rings. The quantitative estimate of drug-likeness (QED) is 0.825. The number of nitrogens with one attached hydrogen (secondary N) is 1. The molecular formula is C12H20N2S. The number of rotatable bonds is 4. The summed E-state index contributed by atoms with van der Waals surface area (Å²) in [5.41, 5.74) is 6.77. The summed E-state index contributed by atoms with van der Waals surface area (Å²) in [6.07, 6.45) is 4.22. The van der Waals surface area contributed by atoms with Gasteiger partial charge in [0.25, 0.3) is 0 Å². The number of thiophene rings is 1. The third kappa shape index (κ3) is 2.73. The fraction of sp³-hybridized carbons (Fsp3) is 0.667. The second-order valence-electron chi connectivity index (χ2n) is 4.60. The van der Waals surface area contributed by atoms with Gasteiger partial charge in [0.15, 0.2) is 0 Å². The molecule has 0 amide bonds. The molecule has 0 aliphatic heterocycles. The molecule has 1 aromatic heterocycles. The number of nitrogen functional groups attached to an aromatic ring is 1. The van der Waals surface area contributed by atoms with Crippen LogP contribution in [0.5, 0.6) is 0 Å². The lowest BCUT2D eigenvalue weighted by molar-refractivity contribution is 0.393. The van der Waals surface area contributed by atoms with Gasteiger partial charge in [-0.05, 0) is 36.2 Å². The number of nitrogens with two attached hydrogens (primary N) is 1. The molecule has 1 saturated carbocycles. The van der Waals surface area contributed by atoms with Crippen LogP contribution in [0.2, 0.25) is 0 Å². The molecule has 0 bridgehead atoms. The van der Waals surface area contributed by atoms with Gasteiger partial charge in [-0.15, -0.1) is 11.3 Å². The van der Waals surface area contributed by atoms with E-state index in [0.717, 1.165) is 30.6 Å². The average Bonchev–Trinajstić information content (AvgIpc) is 2.78. The molecule has 2 nitrogen and oxygen atoms in total. The maximum Gasteiger partial charge on any atom is 0.0468 e. The van der Waals surface area contributed by atoms with E-state index in [1.54, 1.807) is 11.3 Å². The van der Waals surface area contributed by atoms with Gasteiger partial charge < -0.3 is 11.1 Å². The summed E-state index contributed by atoms with van der Waals surface area (Å²) in [5.74, 6) is 1.78. The minimum atomic E-state index is 0.881. The molecule has 0 saturated heterocycles. The lowest BCUT2D eigenvalue weighted by atomic mass is 9.98. The van der Waals surface area contributed by atoms with Crippen LogP contribution in [-0.4, -0.2) is 6.54 Å². The van der Waals surface area contributed by atoms with Crippen LogP contribution in [0, 0.1) is 11.8 Å². The minimum absolute atomic E-state index is 0.881. The zero-order valence-corrected chi connectivity index (χ0v) is 10.1. The normalized spacial score (nSPS) is 25.9. The van der Waals surface area contributed by atoms with Crippen molar-refractivity contribution in [3.63, 3.8) is 0 Å². The van der Waals surface area contributed by atoms with Crippen LogP contribution < -0.4 is 11.1 Å². The Bertz CT molecular complexity index is 308. The number of hydrogen-bond acceptors (Lipinski definition) is 3. The molecule has 0 spiro atoms. The third-order valence-electron chi connectivity index (χ3n) is 3.51. The molecule has 2 rings (SSSR count). The Hall–Kier alpha value is -0.540. The molecule has 2 atom stereocenters. The largest absolute Gasteiger partial charge is 0.398 e. The van der Waals surface area contributed by atoms with Gasteiger partial charge in [0.1, 0.15) is 0 Å². The Morgan fingerprint density at radius 2 is 2.40 bits per heavy atom. The summed E-state index contributed by atoms with van der Waals surface area (Å²) in [7, 11) is 0. The molecule has 0 radical (unpaired) electrons. The summed E-state index contributed by atoms with van der Waals surface area (Å²) in [6.45, 7) is 4.46. The first kappa shape index (κ1) is 11.0. The predicted molar refractivity (Wildman–Crippen MR) is 66.9 cm³/mol. The lowest BCUT2D eigenvalue weighted by Crippen LogP contribution is -2.23. The van der Waals surface area contributed by atoms with E-state index in [1.165, 1.54) is 24.1 Å². The molecule has 2 unspecified atom stereocenters. The van der Waals surface area contributed by atoms with Gasteiger partial charge in [-0.25, -0.2) is 0 Å². The maximum atomic E-state index is 5.83. The maximum absolute atomic E-state index is 5.83. The van der Waals surface area contributed by atoms with Crippen molar-refractivity contribution in [1.29, 1.82) is 0 Å². The van der Waals surface area contributed by atoms with E-state index >= 15 is 0 Å². The highest BCUT2D eigenvalue weighted by molar-refractivity contribution is 7.10. The molecule has 3 N–H and O–H groups in total. The van der Waals surface area contributed by atoms with Crippen molar-refractivity contribution >= 4 is 17.0 Å². The average molecular weight is 224 g/mol.